The third-order valence-corrected chi connectivity index (χ3v) is 4.52. The second-order valence-electron chi connectivity index (χ2n) is 7.10. The van der Waals surface area contributed by atoms with Gasteiger partial charge in [-0.2, -0.15) is 0 Å². The fourth-order valence-corrected chi connectivity index (χ4v) is 3.01. The van der Waals surface area contributed by atoms with E-state index >= 15 is 0 Å². The molecule has 1 atom stereocenters. The standard InChI is InChI=1S/C22H37NO2/c1-3-4-5-6-7-8-9-10-11-20-12-14-21(15-13-20)17-23-18-22(25)16-19(2)24/h12-15,22-25H,2-11,16-18H2,1H3. The van der Waals surface area contributed by atoms with Gasteiger partial charge in [-0.25, -0.2) is 0 Å². The summed E-state index contributed by atoms with van der Waals surface area (Å²) in [6.07, 6.45) is 11.7. The third-order valence-electron chi connectivity index (χ3n) is 4.52. The van der Waals surface area contributed by atoms with Gasteiger partial charge in [0.15, 0.2) is 0 Å². The van der Waals surface area contributed by atoms with Gasteiger partial charge in [-0.3, -0.25) is 0 Å². The smallest absolute Gasteiger partial charge is 0.0877 e. The number of nitrogens with one attached hydrogen (secondary N) is 1. The van der Waals surface area contributed by atoms with Gasteiger partial charge in [-0.15, -0.1) is 0 Å². The van der Waals surface area contributed by atoms with E-state index in [4.69, 9.17) is 5.11 Å². The van der Waals surface area contributed by atoms with Gasteiger partial charge in [0.1, 0.15) is 0 Å². The Hall–Kier alpha value is -1.32. The van der Waals surface area contributed by atoms with Crippen LogP contribution in [-0.2, 0) is 13.0 Å². The topological polar surface area (TPSA) is 52.5 Å². The van der Waals surface area contributed by atoms with E-state index < -0.39 is 6.10 Å². The summed E-state index contributed by atoms with van der Waals surface area (Å²) in [5.74, 6) is 0.0274. The highest BCUT2D eigenvalue weighted by Gasteiger charge is 2.05. The Morgan fingerprint density at radius 2 is 1.52 bits per heavy atom. The van der Waals surface area contributed by atoms with Gasteiger partial charge in [0.25, 0.3) is 0 Å². The monoisotopic (exact) mass is 347 g/mol. The minimum Gasteiger partial charge on any atom is -0.513 e. The van der Waals surface area contributed by atoms with Crippen molar-refractivity contribution in [3.05, 3.63) is 47.7 Å². The van der Waals surface area contributed by atoms with E-state index in [1.807, 2.05) is 0 Å². The van der Waals surface area contributed by atoms with E-state index in [1.165, 1.54) is 68.9 Å². The molecule has 0 aromatic heterocycles. The van der Waals surface area contributed by atoms with Crippen LogP contribution < -0.4 is 5.32 Å². The molecule has 0 aliphatic carbocycles. The first kappa shape index (κ1) is 21.7. The molecule has 0 saturated heterocycles. The molecule has 0 spiro atoms. The molecule has 1 unspecified atom stereocenters. The zero-order valence-electron chi connectivity index (χ0n) is 16.0. The zero-order valence-corrected chi connectivity index (χ0v) is 16.0. The minimum atomic E-state index is -0.584. The molecule has 1 rings (SSSR count). The molecule has 3 N–H and O–H groups in total. The van der Waals surface area contributed by atoms with Gasteiger partial charge in [0, 0.05) is 19.5 Å². The first-order valence-electron chi connectivity index (χ1n) is 9.95. The highest BCUT2D eigenvalue weighted by Crippen LogP contribution is 2.12. The summed E-state index contributed by atoms with van der Waals surface area (Å²) in [5, 5.41) is 21.9. The molecular formula is C22H37NO2. The number of benzene rings is 1. The lowest BCUT2D eigenvalue weighted by molar-refractivity contribution is 0.156. The summed E-state index contributed by atoms with van der Waals surface area (Å²) in [6, 6.07) is 8.74. The van der Waals surface area contributed by atoms with Crippen LogP contribution in [0.15, 0.2) is 36.6 Å². The molecule has 0 saturated carbocycles. The average molecular weight is 348 g/mol. The van der Waals surface area contributed by atoms with E-state index in [9.17, 15) is 5.11 Å². The molecule has 142 valence electrons. The fourth-order valence-electron chi connectivity index (χ4n) is 3.01. The largest absolute Gasteiger partial charge is 0.513 e. The summed E-state index contributed by atoms with van der Waals surface area (Å²) in [6.45, 7) is 6.84. The Balaban J connectivity index is 2.10. The molecule has 3 nitrogen and oxygen atoms in total. The number of hydrogen-bond donors (Lipinski definition) is 3. The van der Waals surface area contributed by atoms with E-state index in [0.29, 0.717) is 6.54 Å². The maximum absolute atomic E-state index is 9.66. The highest BCUT2D eigenvalue weighted by molar-refractivity contribution is 5.22. The van der Waals surface area contributed by atoms with Crippen LogP contribution in [0.3, 0.4) is 0 Å². The lowest BCUT2D eigenvalue weighted by Gasteiger charge is -2.11. The van der Waals surface area contributed by atoms with Crippen LogP contribution >= 0.6 is 0 Å². The summed E-state index contributed by atoms with van der Waals surface area (Å²) in [5.41, 5.74) is 2.63. The molecular weight excluding hydrogens is 310 g/mol. The predicted molar refractivity (Wildman–Crippen MR) is 107 cm³/mol. The van der Waals surface area contributed by atoms with Gasteiger partial charge in [-0.05, 0) is 24.0 Å². The zero-order chi connectivity index (χ0) is 18.3. The van der Waals surface area contributed by atoms with Crippen LogP contribution in [0, 0.1) is 0 Å². The van der Waals surface area contributed by atoms with Crippen molar-refractivity contribution < 1.29 is 10.2 Å². The van der Waals surface area contributed by atoms with Gasteiger partial charge in [-0.1, -0.05) is 82.7 Å². The fraction of sp³-hybridized carbons (Fsp3) is 0.636. The normalized spacial score (nSPS) is 12.2. The first-order chi connectivity index (χ1) is 12.1. The first-order valence-corrected chi connectivity index (χ1v) is 9.95. The van der Waals surface area contributed by atoms with Crippen molar-refractivity contribution in [3.8, 4) is 0 Å². The predicted octanol–water partition coefficient (Wildman–Crippen LogP) is 5.28. The van der Waals surface area contributed by atoms with Crippen molar-refractivity contribution >= 4 is 0 Å². The SMILES string of the molecule is C=C(O)CC(O)CNCc1ccc(CCCCCCCCCC)cc1. The molecule has 0 amide bonds. The van der Waals surface area contributed by atoms with Gasteiger partial charge in [0.05, 0.1) is 11.9 Å². The Labute approximate surface area is 154 Å². The lowest BCUT2D eigenvalue weighted by atomic mass is 10.0. The van der Waals surface area contributed by atoms with Crippen molar-refractivity contribution in [3.63, 3.8) is 0 Å². The highest BCUT2D eigenvalue weighted by atomic mass is 16.3. The molecule has 0 aliphatic heterocycles. The number of aryl methyl sites for hydroxylation is 1. The number of aliphatic hydroxyl groups is 2. The van der Waals surface area contributed by atoms with E-state index in [0.717, 1.165) is 6.54 Å². The Morgan fingerprint density at radius 1 is 0.960 bits per heavy atom. The Kier molecular flexibility index (Phi) is 12.1. The molecule has 0 radical (unpaired) electrons. The molecule has 0 bridgehead atoms. The second-order valence-corrected chi connectivity index (χ2v) is 7.10. The molecule has 0 fully saturated rings. The van der Waals surface area contributed by atoms with Crippen LogP contribution in [0.25, 0.3) is 0 Å². The molecule has 0 heterocycles. The summed E-state index contributed by atoms with van der Waals surface area (Å²) in [4.78, 5) is 0. The minimum absolute atomic E-state index is 0.0274. The third kappa shape index (κ3) is 11.8. The van der Waals surface area contributed by atoms with Crippen LogP contribution in [0.1, 0.15) is 75.8 Å². The molecule has 3 heteroatoms. The molecule has 1 aromatic rings. The summed E-state index contributed by atoms with van der Waals surface area (Å²) in [7, 11) is 0. The van der Waals surface area contributed by atoms with Crippen LogP contribution in [0.2, 0.25) is 0 Å². The maximum atomic E-state index is 9.66. The second kappa shape index (κ2) is 13.9. The Bertz CT molecular complexity index is 456. The van der Waals surface area contributed by atoms with Crippen molar-refractivity contribution in [1.29, 1.82) is 0 Å². The quantitative estimate of drug-likeness (QED) is 0.299. The van der Waals surface area contributed by atoms with Crippen molar-refractivity contribution in [2.24, 2.45) is 0 Å². The Morgan fingerprint density at radius 3 is 2.12 bits per heavy atom. The average Bonchev–Trinajstić information content (AvgIpc) is 2.58. The van der Waals surface area contributed by atoms with Crippen LogP contribution in [0.5, 0.6) is 0 Å². The van der Waals surface area contributed by atoms with Crippen LogP contribution in [0.4, 0.5) is 0 Å². The van der Waals surface area contributed by atoms with Gasteiger partial charge >= 0.3 is 0 Å². The molecule has 25 heavy (non-hydrogen) atoms. The number of rotatable bonds is 15. The van der Waals surface area contributed by atoms with E-state index in [-0.39, 0.29) is 12.2 Å². The maximum Gasteiger partial charge on any atom is 0.0877 e. The molecule has 1 aromatic carbocycles. The number of unbranched alkanes of at least 4 members (excludes halogenated alkanes) is 7. The van der Waals surface area contributed by atoms with Crippen molar-refractivity contribution in [2.45, 2.75) is 83.8 Å². The molecule has 0 aliphatic rings. The van der Waals surface area contributed by atoms with E-state index in [2.05, 4.69) is 43.1 Å². The van der Waals surface area contributed by atoms with Crippen molar-refractivity contribution in [2.75, 3.05) is 6.54 Å². The summed E-state index contributed by atoms with van der Waals surface area (Å²) < 4.78 is 0. The van der Waals surface area contributed by atoms with Gasteiger partial charge in [0.2, 0.25) is 0 Å². The number of hydrogen-bond acceptors (Lipinski definition) is 3. The van der Waals surface area contributed by atoms with Gasteiger partial charge < -0.3 is 15.5 Å². The summed E-state index contributed by atoms with van der Waals surface area (Å²) >= 11 is 0. The number of aliphatic hydroxyl groups excluding tert-OH is 2. The van der Waals surface area contributed by atoms with Crippen LogP contribution in [-0.4, -0.2) is 22.9 Å². The van der Waals surface area contributed by atoms with Crippen molar-refractivity contribution in [1.82, 2.24) is 5.32 Å². The van der Waals surface area contributed by atoms with E-state index in [1.54, 1.807) is 0 Å². The lowest BCUT2D eigenvalue weighted by Crippen LogP contribution is -2.26.